The van der Waals surface area contributed by atoms with Gasteiger partial charge in [-0.15, -0.1) is 11.8 Å². The maximum atomic E-state index is 13.9. The highest BCUT2D eigenvalue weighted by atomic mass is 79.9. The van der Waals surface area contributed by atoms with Gasteiger partial charge in [-0.05, 0) is 84.1 Å². The monoisotopic (exact) mass is 703 g/mol. The molecule has 0 radical (unpaired) electrons. The van der Waals surface area contributed by atoms with Gasteiger partial charge in [0.25, 0.3) is 11.8 Å². The molecule has 0 aromatic heterocycles. The van der Waals surface area contributed by atoms with E-state index < -0.39 is 17.1 Å². The Morgan fingerprint density at radius 2 is 1.49 bits per heavy atom. The van der Waals surface area contributed by atoms with Crippen molar-refractivity contribution in [3.05, 3.63) is 165 Å². The van der Waals surface area contributed by atoms with Crippen LogP contribution in [0.25, 0.3) is 6.08 Å². The van der Waals surface area contributed by atoms with Crippen LogP contribution in [-0.2, 0) is 16.0 Å². The van der Waals surface area contributed by atoms with Gasteiger partial charge in [0.2, 0.25) is 5.91 Å². The Morgan fingerprint density at radius 3 is 2.21 bits per heavy atom. The molecule has 1 atom stereocenters. The summed E-state index contributed by atoms with van der Waals surface area (Å²) in [7, 11) is 0. The summed E-state index contributed by atoms with van der Waals surface area (Å²) in [4.78, 5) is 41.3. The number of anilines is 2. The highest BCUT2D eigenvalue weighted by Gasteiger charge is 2.24. The van der Waals surface area contributed by atoms with Gasteiger partial charge in [0.1, 0.15) is 10.9 Å². The lowest BCUT2D eigenvalue weighted by Gasteiger charge is -2.20. The number of aryl methyl sites for hydroxylation is 2. The van der Waals surface area contributed by atoms with E-state index in [-0.39, 0.29) is 11.6 Å². The second-order valence-electron chi connectivity index (χ2n) is 10.8. The van der Waals surface area contributed by atoms with E-state index in [0.29, 0.717) is 11.3 Å². The smallest absolute Gasteiger partial charge is 0.272 e. The Bertz CT molecular complexity index is 1910. The van der Waals surface area contributed by atoms with Crippen LogP contribution in [-0.4, -0.2) is 17.7 Å². The predicted molar refractivity (Wildman–Crippen MR) is 195 cm³/mol. The van der Waals surface area contributed by atoms with Crippen LogP contribution in [0.15, 0.2) is 142 Å². The summed E-state index contributed by atoms with van der Waals surface area (Å²) in [5.41, 5.74) is 5.55. The van der Waals surface area contributed by atoms with Crippen LogP contribution < -0.4 is 16.0 Å². The van der Waals surface area contributed by atoms with Gasteiger partial charge in [-0.2, -0.15) is 0 Å². The number of benzene rings is 5. The third kappa shape index (κ3) is 9.09. The largest absolute Gasteiger partial charge is 0.324 e. The zero-order chi connectivity index (χ0) is 33.2. The molecule has 5 rings (SSSR count). The van der Waals surface area contributed by atoms with E-state index in [0.717, 1.165) is 43.7 Å². The van der Waals surface area contributed by atoms with Crippen molar-refractivity contribution in [1.82, 2.24) is 5.32 Å². The first-order chi connectivity index (χ1) is 22.8. The molecule has 5 aromatic carbocycles. The number of carbonyl (C=O) groups excluding carboxylic acids is 3. The summed E-state index contributed by atoms with van der Waals surface area (Å²) in [5, 5.41) is 8.35. The van der Waals surface area contributed by atoms with Crippen molar-refractivity contribution in [1.29, 1.82) is 0 Å². The van der Waals surface area contributed by atoms with Gasteiger partial charge in [0, 0.05) is 26.3 Å². The van der Waals surface area contributed by atoms with E-state index in [9.17, 15) is 14.4 Å². The van der Waals surface area contributed by atoms with E-state index in [2.05, 4.69) is 38.8 Å². The third-order valence-electron chi connectivity index (χ3n) is 7.36. The molecule has 236 valence electrons. The summed E-state index contributed by atoms with van der Waals surface area (Å²) in [6, 6.07) is 39.2. The summed E-state index contributed by atoms with van der Waals surface area (Å²) in [6.45, 7) is 4.06. The van der Waals surface area contributed by atoms with E-state index >= 15 is 0 Å². The highest BCUT2D eigenvalue weighted by molar-refractivity contribution is 9.10. The van der Waals surface area contributed by atoms with E-state index in [1.165, 1.54) is 11.8 Å². The third-order valence-corrected chi connectivity index (χ3v) is 9.10. The van der Waals surface area contributed by atoms with Crippen molar-refractivity contribution >= 4 is 62.9 Å². The lowest BCUT2D eigenvalue weighted by Crippen LogP contribution is -2.30. The minimum absolute atomic E-state index is 0.0847. The van der Waals surface area contributed by atoms with Gasteiger partial charge < -0.3 is 16.0 Å². The molecule has 0 spiro atoms. The molecule has 6 nitrogen and oxygen atoms in total. The molecule has 3 N–H and O–H groups in total. The fourth-order valence-corrected chi connectivity index (χ4v) is 6.48. The molecule has 0 aliphatic rings. The molecule has 5 aromatic rings. The summed E-state index contributed by atoms with van der Waals surface area (Å²) in [5.74, 6) is -1.02. The Hall–Kier alpha value is -4.92. The minimum Gasteiger partial charge on any atom is -0.324 e. The number of nitrogens with one attached hydrogen (secondary N) is 3. The van der Waals surface area contributed by atoms with E-state index in [1.807, 2.05) is 104 Å². The van der Waals surface area contributed by atoms with Gasteiger partial charge in [-0.1, -0.05) is 108 Å². The molecule has 0 saturated heterocycles. The van der Waals surface area contributed by atoms with Crippen LogP contribution in [0.3, 0.4) is 0 Å². The molecule has 3 amide bonds. The van der Waals surface area contributed by atoms with Crippen molar-refractivity contribution in [2.45, 2.75) is 30.4 Å². The average molecular weight is 705 g/mol. The summed E-state index contributed by atoms with van der Waals surface area (Å²) >= 11 is 4.86. The molecule has 0 saturated carbocycles. The quantitative estimate of drug-likeness (QED) is 0.0946. The lowest BCUT2D eigenvalue weighted by molar-refractivity contribution is -0.116. The first kappa shape index (κ1) is 33.4. The van der Waals surface area contributed by atoms with Gasteiger partial charge in [0.15, 0.2) is 0 Å². The molecule has 0 aliphatic heterocycles. The maximum Gasteiger partial charge on any atom is 0.272 e. The molecule has 1 unspecified atom stereocenters. The van der Waals surface area contributed by atoms with Crippen LogP contribution in [0.2, 0.25) is 0 Å². The Morgan fingerprint density at radius 1 is 0.787 bits per heavy atom. The molecule has 0 bridgehead atoms. The van der Waals surface area contributed by atoms with Crippen molar-refractivity contribution < 1.29 is 14.4 Å². The van der Waals surface area contributed by atoms with Crippen LogP contribution in [0, 0.1) is 6.92 Å². The number of carbonyl (C=O) groups is 3. The molecule has 8 heteroatoms. The fraction of sp³-hybridized carbons (Fsp3) is 0.103. The Labute approximate surface area is 287 Å². The Kier molecular flexibility index (Phi) is 11.4. The fourth-order valence-electron chi connectivity index (χ4n) is 4.98. The molecule has 0 aliphatic carbocycles. The standard InChI is InChI=1S/C39H34BrN3O3S/c1-3-28-19-10-13-26(2)35(28)43-39(46)36(29-15-6-4-7-16-29)47-33-22-12-21-32(25-33)41-38(45)34(24-27-14-11-20-31(40)23-27)42-37(44)30-17-8-5-9-18-30/h4-25,36H,3H2,1-2H3,(H,41,45)(H,42,44)(H,43,46)/b34-24+. The van der Waals surface area contributed by atoms with E-state index in [1.54, 1.807) is 36.4 Å². The lowest BCUT2D eigenvalue weighted by atomic mass is 10.1. The number of hydrogen-bond acceptors (Lipinski definition) is 4. The first-order valence-electron chi connectivity index (χ1n) is 15.2. The molecule has 0 fully saturated rings. The van der Waals surface area contributed by atoms with Gasteiger partial charge in [-0.25, -0.2) is 0 Å². The number of para-hydroxylation sites is 1. The van der Waals surface area contributed by atoms with Crippen molar-refractivity contribution in [2.75, 3.05) is 10.6 Å². The van der Waals surface area contributed by atoms with E-state index in [4.69, 9.17) is 0 Å². The number of rotatable bonds is 11. The molecule has 0 heterocycles. The van der Waals surface area contributed by atoms with Gasteiger partial charge in [-0.3, -0.25) is 14.4 Å². The van der Waals surface area contributed by atoms with Crippen LogP contribution in [0.1, 0.15) is 44.8 Å². The zero-order valence-electron chi connectivity index (χ0n) is 26.0. The molecule has 47 heavy (non-hydrogen) atoms. The summed E-state index contributed by atoms with van der Waals surface area (Å²) < 4.78 is 0.843. The maximum absolute atomic E-state index is 13.9. The summed E-state index contributed by atoms with van der Waals surface area (Å²) in [6.07, 6.45) is 2.43. The van der Waals surface area contributed by atoms with Crippen LogP contribution in [0.5, 0.6) is 0 Å². The zero-order valence-corrected chi connectivity index (χ0v) is 28.4. The number of thioether (sulfide) groups is 1. The first-order valence-corrected chi connectivity index (χ1v) is 16.8. The van der Waals surface area contributed by atoms with Gasteiger partial charge >= 0.3 is 0 Å². The van der Waals surface area contributed by atoms with Crippen LogP contribution in [0.4, 0.5) is 11.4 Å². The highest BCUT2D eigenvalue weighted by Crippen LogP contribution is 2.38. The molecular weight excluding hydrogens is 670 g/mol. The average Bonchev–Trinajstić information content (AvgIpc) is 3.08. The minimum atomic E-state index is -0.552. The second kappa shape index (κ2) is 16.1. The predicted octanol–water partition coefficient (Wildman–Crippen LogP) is 9.20. The van der Waals surface area contributed by atoms with Crippen LogP contribution >= 0.6 is 27.7 Å². The molecular formula is C39H34BrN3O3S. The van der Waals surface area contributed by atoms with Crippen molar-refractivity contribution in [2.24, 2.45) is 0 Å². The van der Waals surface area contributed by atoms with Crippen molar-refractivity contribution in [3.8, 4) is 0 Å². The number of amides is 3. The number of halogens is 1. The second-order valence-corrected chi connectivity index (χ2v) is 12.9. The van der Waals surface area contributed by atoms with Gasteiger partial charge in [0.05, 0.1) is 0 Å². The SMILES string of the molecule is CCc1cccc(C)c1NC(=O)C(Sc1cccc(NC(=O)/C(=C\c2cccc(Br)c2)NC(=O)c2ccccc2)c1)c1ccccc1. The van der Waals surface area contributed by atoms with Crippen molar-refractivity contribution in [3.63, 3.8) is 0 Å². The Balaban J connectivity index is 1.39. The number of hydrogen-bond donors (Lipinski definition) is 3. The topological polar surface area (TPSA) is 87.3 Å². The normalized spacial score (nSPS) is 11.8.